The number of aromatic nitrogens is 1. The van der Waals surface area contributed by atoms with Gasteiger partial charge >= 0.3 is 6.03 Å². The second kappa shape index (κ2) is 5.33. The summed E-state index contributed by atoms with van der Waals surface area (Å²) in [6.07, 6.45) is 1.65. The van der Waals surface area contributed by atoms with Gasteiger partial charge in [-0.05, 0) is 52.3 Å². The maximum absolute atomic E-state index is 13.2. The number of halogens is 2. The monoisotopic (exact) mass is 346 g/mol. The van der Waals surface area contributed by atoms with E-state index in [2.05, 4.69) is 15.9 Å². The highest BCUT2D eigenvalue weighted by atomic mass is 79.9. The highest BCUT2D eigenvalue weighted by Gasteiger charge is 2.17. The number of nitrogens with zero attached hydrogens (tertiary/aromatic N) is 2. The Morgan fingerprint density at radius 1 is 1.19 bits per heavy atom. The van der Waals surface area contributed by atoms with Crippen molar-refractivity contribution in [3.05, 3.63) is 65.0 Å². The van der Waals surface area contributed by atoms with Crippen molar-refractivity contribution in [2.45, 2.75) is 0 Å². The molecule has 5 heteroatoms. The van der Waals surface area contributed by atoms with E-state index in [4.69, 9.17) is 0 Å². The second-order valence-corrected chi connectivity index (χ2v) is 5.54. The lowest BCUT2D eigenvalue weighted by atomic mass is 10.2. The first kappa shape index (κ1) is 13.8. The number of hydrogen-bond acceptors (Lipinski definition) is 1. The molecule has 106 valence electrons. The summed E-state index contributed by atoms with van der Waals surface area (Å²) in [6, 6.07) is 13.4. The van der Waals surface area contributed by atoms with Gasteiger partial charge in [0.05, 0.1) is 11.2 Å². The molecule has 21 heavy (non-hydrogen) atoms. The Bertz CT molecular complexity index is 828. The standard InChI is InChI=1S/C16H12BrFN2O/c1-19(15-5-3-2-4-13(15)17)16(21)20-9-8-11-10-12(18)6-7-14(11)20/h2-10H,1H3. The third-order valence-electron chi connectivity index (χ3n) is 3.36. The van der Waals surface area contributed by atoms with E-state index in [0.717, 1.165) is 10.2 Å². The first-order valence-corrected chi connectivity index (χ1v) is 7.16. The van der Waals surface area contributed by atoms with E-state index in [9.17, 15) is 9.18 Å². The Labute approximate surface area is 129 Å². The fourth-order valence-corrected chi connectivity index (χ4v) is 2.82. The minimum atomic E-state index is -0.313. The van der Waals surface area contributed by atoms with Crippen LogP contribution in [-0.2, 0) is 0 Å². The smallest absolute Gasteiger partial charge is 0.296 e. The van der Waals surface area contributed by atoms with Crippen molar-refractivity contribution in [1.29, 1.82) is 0 Å². The molecule has 0 radical (unpaired) electrons. The SMILES string of the molecule is CN(C(=O)n1ccc2cc(F)ccc21)c1ccccc1Br. The summed E-state index contributed by atoms with van der Waals surface area (Å²) in [4.78, 5) is 14.2. The summed E-state index contributed by atoms with van der Waals surface area (Å²) in [6.45, 7) is 0. The molecule has 3 nitrogen and oxygen atoms in total. The van der Waals surface area contributed by atoms with Crippen LogP contribution >= 0.6 is 15.9 Å². The number of para-hydroxylation sites is 1. The molecule has 2 aromatic carbocycles. The largest absolute Gasteiger partial charge is 0.332 e. The summed E-state index contributed by atoms with van der Waals surface area (Å²) < 4.78 is 15.6. The Balaban J connectivity index is 2.03. The number of carbonyl (C=O) groups excluding carboxylic acids is 1. The summed E-state index contributed by atoms with van der Waals surface area (Å²) in [5, 5.41) is 0.698. The van der Waals surface area contributed by atoms with Gasteiger partial charge in [0.15, 0.2) is 0 Å². The minimum absolute atomic E-state index is 0.205. The van der Waals surface area contributed by atoms with Gasteiger partial charge in [0, 0.05) is 23.1 Å². The topological polar surface area (TPSA) is 25.2 Å². The molecule has 0 saturated carbocycles. The van der Waals surface area contributed by atoms with E-state index >= 15 is 0 Å². The lowest BCUT2D eigenvalue weighted by Crippen LogP contribution is -2.30. The number of carbonyl (C=O) groups is 1. The van der Waals surface area contributed by atoms with E-state index in [1.54, 1.807) is 30.3 Å². The Morgan fingerprint density at radius 2 is 1.95 bits per heavy atom. The zero-order valence-electron chi connectivity index (χ0n) is 11.3. The van der Waals surface area contributed by atoms with Crippen LogP contribution in [-0.4, -0.2) is 17.6 Å². The maximum atomic E-state index is 13.2. The van der Waals surface area contributed by atoms with Gasteiger partial charge in [0.1, 0.15) is 5.82 Å². The predicted octanol–water partition coefficient (Wildman–Crippen LogP) is 4.65. The fourth-order valence-electron chi connectivity index (χ4n) is 2.27. The molecule has 0 spiro atoms. The molecule has 1 aromatic heterocycles. The molecule has 0 saturated heterocycles. The van der Waals surface area contributed by atoms with Crippen molar-refractivity contribution >= 4 is 38.6 Å². The number of fused-ring (bicyclic) bond motifs is 1. The minimum Gasteiger partial charge on any atom is -0.296 e. The summed E-state index contributed by atoms with van der Waals surface area (Å²) in [5.41, 5.74) is 1.45. The molecule has 0 bridgehead atoms. The van der Waals surface area contributed by atoms with Gasteiger partial charge in [-0.15, -0.1) is 0 Å². The fraction of sp³-hybridized carbons (Fsp3) is 0.0625. The lowest BCUT2D eigenvalue weighted by Gasteiger charge is -2.19. The van der Waals surface area contributed by atoms with E-state index in [-0.39, 0.29) is 11.8 Å². The van der Waals surface area contributed by atoms with Gasteiger partial charge in [-0.3, -0.25) is 9.47 Å². The van der Waals surface area contributed by atoms with E-state index < -0.39 is 0 Å². The number of benzene rings is 2. The van der Waals surface area contributed by atoms with E-state index in [0.29, 0.717) is 10.9 Å². The van der Waals surface area contributed by atoms with Crippen LogP contribution in [0.15, 0.2) is 59.2 Å². The Hall–Kier alpha value is -2.14. The second-order valence-electron chi connectivity index (χ2n) is 4.68. The molecular weight excluding hydrogens is 335 g/mol. The first-order chi connectivity index (χ1) is 10.1. The van der Waals surface area contributed by atoms with Crippen LogP contribution < -0.4 is 4.90 Å². The van der Waals surface area contributed by atoms with Crippen LogP contribution in [0.1, 0.15) is 0 Å². The average Bonchev–Trinajstić information content (AvgIpc) is 2.89. The summed E-state index contributed by atoms with van der Waals surface area (Å²) in [7, 11) is 1.71. The zero-order valence-corrected chi connectivity index (χ0v) is 12.8. The van der Waals surface area contributed by atoms with Gasteiger partial charge in [0.25, 0.3) is 0 Å². The molecule has 0 atom stereocenters. The van der Waals surface area contributed by atoms with E-state index in [1.165, 1.54) is 16.7 Å². The molecule has 0 N–H and O–H groups in total. The average molecular weight is 347 g/mol. The number of amides is 1. The summed E-state index contributed by atoms with van der Waals surface area (Å²) in [5.74, 6) is -0.313. The quantitative estimate of drug-likeness (QED) is 0.629. The predicted molar refractivity (Wildman–Crippen MR) is 85.2 cm³/mol. The van der Waals surface area contributed by atoms with Gasteiger partial charge in [-0.2, -0.15) is 0 Å². The maximum Gasteiger partial charge on any atom is 0.332 e. The molecule has 3 rings (SSSR count). The van der Waals surface area contributed by atoms with Crippen LogP contribution in [0.3, 0.4) is 0 Å². The molecule has 0 aliphatic heterocycles. The molecule has 0 fully saturated rings. The number of hydrogen-bond donors (Lipinski definition) is 0. The van der Waals surface area contributed by atoms with Crippen molar-refractivity contribution in [2.75, 3.05) is 11.9 Å². The highest BCUT2D eigenvalue weighted by molar-refractivity contribution is 9.10. The highest BCUT2D eigenvalue weighted by Crippen LogP contribution is 2.26. The Kier molecular flexibility index (Phi) is 3.51. The zero-order chi connectivity index (χ0) is 15.0. The van der Waals surface area contributed by atoms with E-state index in [1.807, 2.05) is 24.3 Å². The van der Waals surface area contributed by atoms with Crippen molar-refractivity contribution in [1.82, 2.24) is 4.57 Å². The molecule has 3 aromatic rings. The molecule has 1 heterocycles. The van der Waals surface area contributed by atoms with Crippen LogP contribution in [0, 0.1) is 5.82 Å². The number of rotatable bonds is 1. The van der Waals surface area contributed by atoms with Crippen LogP contribution in [0.4, 0.5) is 14.9 Å². The molecule has 0 unspecified atom stereocenters. The normalized spacial score (nSPS) is 10.8. The third-order valence-corrected chi connectivity index (χ3v) is 4.03. The van der Waals surface area contributed by atoms with Gasteiger partial charge < -0.3 is 0 Å². The third kappa shape index (κ3) is 2.45. The summed E-state index contributed by atoms with van der Waals surface area (Å²) >= 11 is 3.44. The van der Waals surface area contributed by atoms with Crippen molar-refractivity contribution < 1.29 is 9.18 Å². The van der Waals surface area contributed by atoms with Crippen molar-refractivity contribution in [2.24, 2.45) is 0 Å². The van der Waals surface area contributed by atoms with Crippen molar-refractivity contribution in [3.8, 4) is 0 Å². The van der Waals surface area contributed by atoms with Crippen molar-refractivity contribution in [3.63, 3.8) is 0 Å². The molecule has 0 aliphatic rings. The number of anilines is 1. The van der Waals surface area contributed by atoms with Crippen LogP contribution in [0.2, 0.25) is 0 Å². The van der Waals surface area contributed by atoms with Gasteiger partial charge in [-0.25, -0.2) is 9.18 Å². The van der Waals surface area contributed by atoms with Gasteiger partial charge in [0.2, 0.25) is 0 Å². The molecular formula is C16H12BrFN2O. The Morgan fingerprint density at radius 3 is 2.71 bits per heavy atom. The lowest BCUT2D eigenvalue weighted by molar-refractivity contribution is 0.249. The molecule has 0 aliphatic carbocycles. The van der Waals surface area contributed by atoms with Crippen LogP contribution in [0.5, 0.6) is 0 Å². The van der Waals surface area contributed by atoms with Crippen LogP contribution in [0.25, 0.3) is 10.9 Å². The molecule has 1 amide bonds. The van der Waals surface area contributed by atoms with Gasteiger partial charge in [-0.1, -0.05) is 12.1 Å². The first-order valence-electron chi connectivity index (χ1n) is 6.37.